The van der Waals surface area contributed by atoms with E-state index in [-0.39, 0.29) is 29.3 Å². The lowest BCUT2D eigenvalue weighted by Crippen LogP contribution is -2.51. The average molecular weight is 296 g/mol. The molecule has 2 bridgehead atoms. The van der Waals surface area contributed by atoms with Gasteiger partial charge in [0.05, 0.1) is 6.54 Å². The van der Waals surface area contributed by atoms with Gasteiger partial charge in [0.15, 0.2) is 5.78 Å². The molecule has 3 aliphatic carbocycles. The van der Waals surface area contributed by atoms with Crippen molar-refractivity contribution in [2.24, 2.45) is 16.6 Å². The summed E-state index contributed by atoms with van der Waals surface area (Å²) in [6, 6.07) is 0. The van der Waals surface area contributed by atoms with E-state index in [4.69, 9.17) is 10.5 Å². The number of ether oxygens (including phenoxy) is 1. The van der Waals surface area contributed by atoms with Crippen molar-refractivity contribution in [1.29, 1.82) is 0 Å². The van der Waals surface area contributed by atoms with Gasteiger partial charge in [0.2, 0.25) is 0 Å². The molecular formula is C16H28N2O3. The van der Waals surface area contributed by atoms with Crippen molar-refractivity contribution in [2.45, 2.75) is 64.9 Å². The van der Waals surface area contributed by atoms with Gasteiger partial charge in [-0.1, -0.05) is 0 Å². The minimum Gasteiger partial charge on any atom is -0.444 e. The number of fused-ring (bicyclic) bond motifs is 3. The highest BCUT2D eigenvalue weighted by atomic mass is 16.6. The molecule has 0 unspecified atom stereocenters. The molecule has 1 amide bonds. The zero-order chi connectivity index (χ0) is 15.7. The molecule has 0 heterocycles. The van der Waals surface area contributed by atoms with Gasteiger partial charge in [-0.2, -0.15) is 0 Å². The molecule has 0 aliphatic heterocycles. The second-order valence-corrected chi connectivity index (χ2v) is 7.76. The molecule has 3 rings (SSSR count). The normalized spacial score (nSPS) is 31.8. The molecule has 0 aromatic carbocycles. The van der Waals surface area contributed by atoms with Gasteiger partial charge in [-0.25, -0.2) is 4.79 Å². The molecule has 21 heavy (non-hydrogen) atoms. The van der Waals surface area contributed by atoms with Crippen LogP contribution in [0.25, 0.3) is 0 Å². The third-order valence-corrected chi connectivity index (χ3v) is 5.19. The van der Waals surface area contributed by atoms with E-state index in [1.165, 1.54) is 0 Å². The molecule has 0 aromatic heterocycles. The van der Waals surface area contributed by atoms with Crippen LogP contribution in [0.3, 0.4) is 0 Å². The van der Waals surface area contributed by atoms with Crippen LogP contribution < -0.4 is 11.1 Å². The number of nitrogens with two attached hydrogens (primary N) is 1. The van der Waals surface area contributed by atoms with E-state index in [2.05, 4.69) is 5.32 Å². The van der Waals surface area contributed by atoms with Crippen molar-refractivity contribution in [3.63, 3.8) is 0 Å². The first-order valence-electron chi connectivity index (χ1n) is 7.91. The molecule has 5 nitrogen and oxygen atoms in total. The highest BCUT2D eigenvalue weighted by Gasteiger charge is 2.51. The van der Waals surface area contributed by atoms with Crippen LogP contribution in [0.15, 0.2) is 0 Å². The lowest BCUT2D eigenvalue weighted by atomic mass is 9.52. The highest BCUT2D eigenvalue weighted by Crippen LogP contribution is 2.56. The van der Waals surface area contributed by atoms with Crippen LogP contribution in [0, 0.1) is 10.8 Å². The Morgan fingerprint density at radius 2 is 1.62 bits per heavy atom. The van der Waals surface area contributed by atoms with E-state index >= 15 is 0 Å². The first kappa shape index (κ1) is 16.3. The monoisotopic (exact) mass is 296 g/mol. The quantitative estimate of drug-likeness (QED) is 0.834. The fraction of sp³-hybridized carbons (Fsp3) is 0.875. The van der Waals surface area contributed by atoms with Crippen LogP contribution in [0.1, 0.15) is 59.3 Å². The van der Waals surface area contributed by atoms with Crippen molar-refractivity contribution < 1.29 is 14.3 Å². The number of rotatable bonds is 4. The number of ketones is 1. The molecule has 0 atom stereocenters. The minimum atomic E-state index is -0.469. The zero-order valence-electron chi connectivity index (χ0n) is 13.5. The third-order valence-electron chi connectivity index (χ3n) is 5.19. The molecule has 0 aromatic rings. The number of hydrogen-bond donors (Lipinski definition) is 2. The highest BCUT2D eigenvalue weighted by molar-refractivity contribution is 5.86. The second-order valence-electron chi connectivity index (χ2n) is 7.76. The summed E-state index contributed by atoms with van der Waals surface area (Å²) in [5.74, 6) is 0.218. The predicted molar refractivity (Wildman–Crippen MR) is 80.9 cm³/mol. The van der Waals surface area contributed by atoms with Gasteiger partial charge >= 0.3 is 6.09 Å². The Bertz CT molecular complexity index is 401. The summed E-state index contributed by atoms with van der Waals surface area (Å²) in [5.41, 5.74) is 5.06. The van der Waals surface area contributed by atoms with E-state index in [0.29, 0.717) is 6.54 Å². The molecule has 0 saturated heterocycles. The maximum atomic E-state index is 12.1. The molecule has 120 valence electrons. The van der Waals surface area contributed by atoms with Crippen LogP contribution in [-0.2, 0) is 9.53 Å². The van der Waals surface area contributed by atoms with E-state index in [9.17, 15) is 9.59 Å². The molecular weight excluding hydrogens is 268 g/mol. The lowest BCUT2D eigenvalue weighted by molar-refractivity contribution is -0.136. The third kappa shape index (κ3) is 3.57. The summed E-state index contributed by atoms with van der Waals surface area (Å²) < 4.78 is 5.29. The summed E-state index contributed by atoms with van der Waals surface area (Å²) in [6.07, 6.45) is 5.38. The van der Waals surface area contributed by atoms with E-state index in [1.54, 1.807) is 0 Å². The van der Waals surface area contributed by atoms with Gasteiger partial charge in [-0.15, -0.1) is 0 Å². The number of nitrogens with one attached hydrogen (secondary N) is 1. The zero-order valence-corrected chi connectivity index (χ0v) is 13.5. The smallest absolute Gasteiger partial charge is 0.407 e. The summed E-state index contributed by atoms with van der Waals surface area (Å²) in [7, 11) is 0. The maximum Gasteiger partial charge on any atom is 0.407 e. The summed E-state index contributed by atoms with van der Waals surface area (Å²) in [5, 5.41) is 2.91. The summed E-state index contributed by atoms with van der Waals surface area (Å²) in [6.45, 7) is 6.38. The average Bonchev–Trinajstić information content (AvgIpc) is 2.44. The first-order valence-corrected chi connectivity index (χ1v) is 7.91. The standard InChI is InChI=1S/C16H28N2O3/c1-14(2,3)21-13(20)18-11-15-4-7-16(8-5-15,9-6-15)12(19)10-17/h4-11,17H2,1-3H3,(H,18,20). The van der Waals surface area contributed by atoms with E-state index < -0.39 is 5.60 Å². The summed E-state index contributed by atoms with van der Waals surface area (Å²) in [4.78, 5) is 23.8. The maximum absolute atomic E-state index is 12.1. The Labute approximate surface area is 127 Å². The van der Waals surface area contributed by atoms with Crippen LogP contribution in [0.2, 0.25) is 0 Å². The van der Waals surface area contributed by atoms with Crippen LogP contribution in [0.4, 0.5) is 4.79 Å². The van der Waals surface area contributed by atoms with Gasteiger partial charge in [-0.05, 0) is 64.7 Å². The fourth-order valence-corrected chi connectivity index (χ4v) is 3.74. The van der Waals surface area contributed by atoms with Crippen LogP contribution in [0.5, 0.6) is 0 Å². The van der Waals surface area contributed by atoms with Crippen molar-refractivity contribution in [3.05, 3.63) is 0 Å². The van der Waals surface area contributed by atoms with Gasteiger partial charge in [0, 0.05) is 12.0 Å². The number of Topliss-reactive ketones (excluding diaryl/α,β-unsaturated/α-hetero) is 1. The van der Waals surface area contributed by atoms with Crippen molar-refractivity contribution >= 4 is 11.9 Å². The molecule has 0 radical (unpaired) electrons. The SMILES string of the molecule is CC(C)(C)OC(=O)NCC12CCC(C(=O)CN)(CC1)CC2. The van der Waals surface area contributed by atoms with Gasteiger partial charge in [0.25, 0.3) is 0 Å². The molecule has 3 N–H and O–H groups in total. The van der Waals surface area contributed by atoms with Gasteiger partial charge in [0.1, 0.15) is 5.60 Å². The number of carbonyl (C=O) groups excluding carboxylic acids is 2. The summed E-state index contributed by atoms with van der Waals surface area (Å²) >= 11 is 0. The van der Waals surface area contributed by atoms with Crippen molar-refractivity contribution in [2.75, 3.05) is 13.1 Å². The minimum absolute atomic E-state index is 0.146. The molecule has 3 saturated carbocycles. The Morgan fingerprint density at radius 1 is 1.10 bits per heavy atom. The molecule has 5 heteroatoms. The Balaban J connectivity index is 1.87. The van der Waals surface area contributed by atoms with Gasteiger partial charge in [-0.3, -0.25) is 4.79 Å². The Hall–Kier alpha value is -1.10. The Morgan fingerprint density at radius 3 is 2.05 bits per heavy atom. The largest absolute Gasteiger partial charge is 0.444 e. The van der Waals surface area contributed by atoms with Gasteiger partial charge < -0.3 is 15.8 Å². The number of amides is 1. The first-order chi connectivity index (χ1) is 9.70. The van der Waals surface area contributed by atoms with Crippen LogP contribution >= 0.6 is 0 Å². The number of alkyl carbamates (subject to hydrolysis) is 1. The molecule has 3 fully saturated rings. The van der Waals surface area contributed by atoms with Crippen LogP contribution in [-0.4, -0.2) is 30.6 Å². The molecule has 3 aliphatic rings. The van der Waals surface area contributed by atoms with Crippen molar-refractivity contribution in [1.82, 2.24) is 5.32 Å². The predicted octanol–water partition coefficient (Wildman–Crippen LogP) is 2.38. The van der Waals surface area contributed by atoms with E-state index in [1.807, 2.05) is 20.8 Å². The lowest BCUT2D eigenvalue weighted by Gasteiger charge is -2.52. The topological polar surface area (TPSA) is 81.4 Å². The molecule has 0 spiro atoms. The van der Waals surface area contributed by atoms with Crippen molar-refractivity contribution in [3.8, 4) is 0 Å². The number of hydrogen-bond acceptors (Lipinski definition) is 4. The van der Waals surface area contributed by atoms with E-state index in [0.717, 1.165) is 38.5 Å². The number of carbonyl (C=O) groups is 2. The Kier molecular flexibility index (Phi) is 4.34. The second kappa shape index (κ2) is 5.59. The fourth-order valence-electron chi connectivity index (χ4n) is 3.74.